The van der Waals surface area contributed by atoms with Gasteiger partial charge in [0.05, 0.1) is 6.10 Å². The summed E-state index contributed by atoms with van der Waals surface area (Å²) in [5.41, 5.74) is 0.623. The van der Waals surface area contributed by atoms with Crippen LogP contribution < -0.4 is 0 Å². The van der Waals surface area contributed by atoms with Gasteiger partial charge >= 0.3 is 0 Å². The maximum atomic E-state index is 10.7. The molecule has 0 heterocycles. The zero-order valence-corrected chi connectivity index (χ0v) is 11.0. The van der Waals surface area contributed by atoms with Crippen molar-refractivity contribution >= 4 is 0 Å². The smallest absolute Gasteiger partial charge is 0.0638 e. The van der Waals surface area contributed by atoms with Crippen molar-refractivity contribution in [2.45, 2.75) is 53.1 Å². The fraction of sp³-hybridized carbons (Fsp3) is 0.867. The molecule has 0 amide bonds. The molecule has 3 aliphatic rings. The van der Waals surface area contributed by atoms with Gasteiger partial charge in [-0.2, -0.15) is 0 Å². The van der Waals surface area contributed by atoms with Gasteiger partial charge in [0, 0.05) is 5.41 Å². The first kappa shape index (κ1) is 10.8. The summed E-state index contributed by atoms with van der Waals surface area (Å²) in [5.74, 6) is 1.19. The van der Waals surface area contributed by atoms with Crippen molar-refractivity contribution in [3.8, 4) is 0 Å². The van der Waals surface area contributed by atoms with Crippen LogP contribution in [0.4, 0.5) is 0 Å². The zero-order chi connectivity index (χ0) is 11.8. The van der Waals surface area contributed by atoms with Crippen molar-refractivity contribution in [3.05, 3.63) is 12.2 Å². The molecule has 1 nitrogen and oxygen atoms in total. The molecule has 0 saturated heterocycles. The minimum absolute atomic E-state index is 0.101. The molecule has 90 valence electrons. The molecule has 0 aromatic rings. The van der Waals surface area contributed by atoms with E-state index in [1.165, 1.54) is 12.8 Å². The molecule has 0 radical (unpaired) electrons. The van der Waals surface area contributed by atoms with Crippen molar-refractivity contribution < 1.29 is 5.11 Å². The topological polar surface area (TPSA) is 20.2 Å². The Hall–Kier alpha value is -0.300. The summed E-state index contributed by atoms with van der Waals surface area (Å²) in [7, 11) is 0. The highest BCUT2D eigenvalue weighted by Gasteiger charge is 2.69. The lowest BCUT2D eigenvalue weighted by Gasteiger charge is -2.43. The average molecular weight is 220 g/mol. The Kier molecular flexibility index (Phi) is 1.86. The minimum Gasteiger partial charge on any atom is -0.392 e. The van der Waals surface area contributed by atoms with Crippen LogP contribution in [0.5, 0.6) is 0 Å². The molecule has 0 aromatic heterocycles. The van der Waals surface area contributed by atoms with Crippen LogP contribution in [0, 0.1) is 28.1 Å². The standard InChI is InChI=1S/C15H24O/c1-13(2)7-5-8-14(3)10-6-9-15(14,4)12(16)11(10)13/h5,8,10-12,16H,6-7,9H2,1-4H3/t10-,11-,12+,14+,15+/m0/s1. The van der Waals surface area contributed by atoms with E-state index in [-0.39, 0.29) is 22.3 Å². The lowest BCUT2D eigenvalue weighted by molar-refractivity contribution is -0.0440. The molecule has 4 bridgehead atoms. The number of hydrogen-bond donors (Lipinski definition) is 1. The molecule has 0 aliphatic heterocycles. The molecule has 1 N–H and O–H groups in total. The number of aliphatic hydroxyl groups excluding tert-OH is 1. The van der Waals surface area contributed by atoms with Crippen molar-refractivity contribution in [1.29, 1.82) is 0 Å². The van der Waals surface area contributed by atoms with Gasteiger partial charge in [-0.1, -0.05) is 39.8 Å². The Labute approximate surface area is 98.9 Å². The largest absolute Gasteiger partial charge is 0.392 e. The van der Waals surface area contributed by atoms with Crippen molar-refractivity contribution in [1.82, 2.24) is 0 Å². The fourth-order valence-corrected chi connectivity index (χ4v) is 5.11. The Morgan fingerprint density at radius 1 is 1.19 bits per heavy atom. The predicted octanol–water partition coefficient (Wildman–Crippen LogP) is 3.39. The monoisotopic (exact) mass is 220 g/mol. The minimum atomic E-state index is -0.101. The molecule has 2 saturated carbocycles. The van der Waals surface area contributed by atoms with Crippen molar-refractivity contribution in [3.63, 3.8) is 0 Å². The molecule has 16 heavy (non-hydrogen) atoms. The first-order valence-electron chi connectivity index (χ1n) is 6.69. The van der Waals surface area contributed by atoms with Crippen molar-refractivity contribution in [2.24, 2.45) is 28.1 Å². The molecule has 5 atom stereocenters. The number of hydrogen-bond acceptors (Lipinski definition) is 1. The molecular weight excluding hydrogens is 196 g/mol. The molecule has 3 rings (SSSR count). The Bertz CT molecular complexity index is 356. The molecule has 2 fully saturated rings. The van der Waals surface area contributed by atoms with Crippen LogP contribution in [-0.2, 0) is 0 Å². The lowest BCUT2D eigenvalue weighted by atomic mass is 9.64. The van der Waals surface area contributed by atoms with Gasteiger partial charge in [-0.05, 0) is 41.9 Å². The normalized spacial score (nSPS) is 57.7. The number of rotatable bonds is 0. The van der Waals surface area contributed by atoms with Gasteiger partial charge in [-0.15, -0.1) is 0 Å². The molecule has 1 heteroatoms. The van der Waals surface area contributed by atoms with Gasteiger partial charge in [0.2, 0.25) is 0 Å². The zero-order valence-electron chi connectivity index (χ0n) is 11.0. The van der Waals surface area contributed by atoms with E-state index >= 15 is 0 Å². The second-order valence-electron chi connectivity index (χ2n) is 7.41. The van der Waals surface area contributed by atoms with Crippen LogP contribution in [0.3, 0.4) is 0 Å². The van der Waals surface area contributed by atoms with E-state index < -0.39 is 0 Å². The average Bonchev–Trinajstić information content (AvgIpc) is 2.47. The van der Waals surface area contributed by atoms with Crippen LogP contribution in [0.2, 0.25) is 0 Å². The highest BCUT2D eigenvalue weighted by molar-refractivity contribution is 5.26. The second kappa shape index (κ2) is 2.75. The van der Waals surface area contributed by atoms with Crippen LogP contribution in [0.25, 0.3) is 0 Å². The third kappa shape index (κ3) is 0.932. The van der Waals surface area contributed by atoms with Gasteiger partial charge in [0.25, 0.3) is 0 Å². The second-order valence-corrected chi connectivity index (χ2v) is 7.41. The van der Waals surface area contributed by atoms with E-state index in [9.17, 15) is 5.11 Å². The van der Waals surface area contributed by atoms with E-state index in [0.29, 0.717) is 11.8 Å². The SMILES string of the molecule is CC1(C)CC=C[C@]2(C)[C@H]3CC[C@]2(C)[C@H](O)[C@H]31. The van der Waals surface area contributed by atoms with Crippen LogP contribution in [0.15, 0.2) is 12.2 Å². The fourth-order valence-electron chi connectivity index (χ4n) is 5.11. The number of allylic oxidation sites excluding steroid dienone is 2. The summed E-state index contributed by atoms with van der Waals surface area (Å²) < 4.78 is 0. The summed E-state index contributed by atoms with van der Waals surface area (Å²) in [6, 6.07) is 0. The maximum Gasteiger partial charge on any atom is 0.0638 e. The summed E-state index contributed by atoms with van der Waals surface area (Å²) in [6.07, 6.45) is 8.34. The van der Waals surface area contributed by atoms with E-state index in [0.717, 1.165) is 6.42 Å². The van der Waals surface area contributed by atoms with Crippen molar-refractivity contribution in [2.75, 3.05) is 0 Å². The van der Waals surface area contributed by atoms with E-state index in [2.05, 4.69) is 39.8 Å². The van der Waals surface area contributed by atoms with Crippen LogP contribution >= 0.6 is 0 Å². The first-order valence-corrected chi connectivity index (χ1v) is 6.69. The summed E-state index contributed by atoms with van der Waals surface area (Å²) in [6.45, 7) is 9.36. The molecular formula is C15H24O. The van der Waals surface area contributed by atoms with E-state index in [1.54, 1.807) is 0 Å². The Morgan fingerprint density at radius 3 is 2.56 bits per heavy atom. The van der Waals surface area contributed by atoms with E-state index in [1.807, 2.05) is 0 Å². The third-order valence-corrected chi connectivity index (χ3v) is 6.41. The summed E-state index contributed by atoms with van der Waals surface area (Å²) >= 11 is 0. The third-order valence-electron chi connectivity index (χ3n) is 6.41. The van der Waals surface area contributed by atoms with Gasteiger partial charge in [0.15, 0.2) is 0 Å². The Morgan fingerprint density at radius 2 is 1.88 bits per heavy atom. The molecule has 0 spiro atoms. The Balaban J connectivity index is 2.18. The van der Waals surface area contributed by atoms with E-state index in [4.69, 9.17) is 0 Å². The maximum absolute atomic E-state index is 10.7. The predicted molar refractivity (Wildman–Crippen MR) is 66.0 cm³/mol. The highest BCUT2D eigenvalue weighted by atomic mass is 16.3. The van der Waals surface area contributed by atoms with Gasteiger partial charge in [-0.3, -0.25) is 0 Å². The molecule has 0 unspecified atom stereocenters. The lowest BCUT2D eigenvalue weighted by Crippen LogP contribution is -2.43. The summed E-state index contributed by atoms with van der Waals surface area (Å²) in [4.78, 5) is 0. The van der Waals surface area contributed by atoms with Gasteiger partial charge < -0.3 is 5.11 Å². The summed E-state index contributed by atoms with van der Waals surface area (Å²) in [5, 5.41) is 10.7. The van der Waals surface area contributed by atoms with Gasteiger partial charge in [-0.25, -0.2) is 0 Å². The number of aliphatic hydroxyl groups is 1. The quantitative estimate of drug-likeness (QED) is 0.620. The highest BCUT2D eigenvalue weighted by Crippen LogP contribution is 2.72. The molecule has 3 aliphatic carbocycles. The molecule has 0 aromatic carbocycles. The van der Waals surface area contributed by atoms with Crippen LogP contribution in [-0.4, -0.2) is 11.2 Å². The first-order chi connectivity index (χ1) is 7.33. The van der Waals surface area contributed by atoms with Crippen LogP contribution in [0.1, 0.15) is 47.0 Å². The van der Waals surface area contributed by atoms with Gasteiger partial charge in [0.1, 0.15) is 0 Å².